The SMILES string of the molecule is CC(C)(O)Cn1cnc(C(C)(C)C)n1. The maximum absolute atomic E-state index is 9.59. The molecular formula is C10H19N3O. The van der Waals surface area contributed by atoms with E-state index in [0.717, 1.165) is 5.82 Å². The van der Waals surface area contributed by atoms with Gasteiger partial charge in [0.05, 0.1) is 12.1 Å². The van der Waals surface area contributed by atoms with Crippen LogP contribution < -0.4 is 0 Å². The van der Waals surface area contributed by atoms with E-state index in [9.17, 15) is 5.11 Å². The highest BCUT2D eigenvalue weighted by molar-refractivity contribution is 4.98. The molecule has 1 aromatic heterocycles. The topological polar surface area (TPSA) is 50.9 Å². The molecule has 80 valence electrons. The standard InChI is InChI=1S/C10H19N3O/c1-9(2,3)8-11-7-13(12-8)6-10(4,5)14/h7,14H,6H2,1-5H3. The maximum Gasteiger partial charge on any atom is 0.155 e. The molecule has 1 rings (SSSR count). The van der Waals surface area contributed by atoms with Gasteiger partial charge >= 0.3 is 0 Å². The molecule has 0 aliphatic carbocycles. The monoisotopic (exact) mass is 197 g/mol. The molecule has 0 radical (unpaired) electrons. The summed E-state index contributed by atoms with van der Waals surface area (Å²) in [6.45, 7) is 10.2. The molecule has 0 unspecified atom stereocenters. The zero-order valence-electron chi connectivity index (χ0n) is 9.57. The summed E-state index contributed by atoms with van der Waals surface area (Å²) in [5, 5.41) is 13.9. The van der Waals surface area contributed by atoms with Crippen molar-refractivity contribution in [1.82, 2.24) is 14.8 Å². The highest BCUT2D eigenvalue weighted by atomic mass is 16.3. The molecule has 0 spiro atoms. The molecular weight excluding hydrogens is 178 g/mol. The molecule has 0 bridgehead atoms. The van der Waals surface area contributed by atoms with Crippen LogP contribution in [-0.2, 0) is 12.0 Å². The van der Waals surface area contributed by atoms with E-state index in [0.29, 0.717) is 6.54 Å². The largest absolute Gasteiger partial charge is 0.389 e. The first kappa shape index (κ1) is 11.2. The predicted molar refractivity (Wildman–Crippen MR) is 55.0 cm³/mol. The number of aromatic nitrogens is 3. The van der Waals surface area contributed by atoms with E-state index in [1.807, 2.05) is 0 Å². The van der Waals surface area contributed by atoms with Gasteiger partial charge in [-0.15, -0.1) is 0 Å². The first-order valence-corrected chi connectivity index (χ1v) is 4.81. The van der Waals surface area contributed by atoms with Crippen LogP contribution in [0.1, 0.15) is 40.4 Å². The highest BCUT2D eigenvalue weighted by Gasteiger charge is 2.20. The van der Waals surface area contributed by atoms with E-state index in [1.54, 1.807) is 24.9 Å². The number of hydrogen-bond acceptors (Lipinski definition) is 3. The van der Waals surface area contributed by atoms with Gasteiger partial charge in [-0.25, -0.2) is 9.67 Å². The third-order valence-electron chi connectivity index (χ3n) is 1.76. The fourth-order valence-electron chi connectivity index (χ4n) is 1.11. The van der Waals surface area contributed by atoms with Crippen molar-refractivity contribution in [3.63, 3.8) is 0 Å². The van der Waals surface area contributed by atoms with Gasteiger partial charge in [0.2, 0.25) is 0 Å². The molecule has 0 aromatic carbocycles. The molecule has 0 aliphatic heterocycles. The number of aliphatic hydroxyl groups is 1. The summed E-state index contributed by atoms with van der Waals surface area (Å²) in [4.78, 5) is 4.21. The lowest BCUT2D eigenvalue weighted by atomic mass is 9.96. The average molecular weight is 197 g/mol. The third-order valence-corrected chi connectivity index (χ3v) is 1.76. The van der Waals surface area contributed by atoms with Gasteiger partial charge < -0.3 is 5.11 Å². The van der Waals surface area contributed by atoms with Gasteiger partial charge in [0.25, 0.3) is 0 Å². The van der Waals surface area contributed by atoms with E-state index < -0.39 is 5.60 Å². The minimum absolute atomic E-state index is 0.0369. The second kappa shape index (κ2) is 3.35. The molecule has 0 saturated carbocycles. The van der Waals surface area contributed by atoms with Gasteiger partial charge in [-0.3, -0.25) is 0 Å². The Kier molecular flexibility index (Phi) is 2.67. The molecule has 0 saturated heterocycles. The second-order valence-electron chi connectivity index (χ2n) is 5.33. The van der Waals surface area contributed by atoms with Crippen molar-refractivity contribution in [2.24, 2.45) is 0 Å². The zero-order chi connectivity index (χ0) is 11.0. The summed E-state index contributed by atoms with van der Waals surface area (Å²) in [6, 6.07) is 0. The van der Waals surface area contributed by atoms with Crippen molar-refractivity contribution in [2.45, 2.75) is 52.2 Å². The van der Waals surface area contributed by atoms with E-state index in [2.05, 4.69) is 30.9 Å². The van der Waals surface area contributed by atoms with Crippen molar-refractivity contribution in [3.8, 4) is 0 Å². The fourth-order valence-corrected chi connectivity index (χ4v) is 1.11. The van der Waals surface area contributed by atoms with Gasteiger partial charge in [-0.1, -0.05) is 20.8 Å². The Hall–Kier alpha value is -0.900. The van der Waals surface area contributed by atoms with Gasteiger partial charge in [-0.2, -0.15) is 5.10 Å². The first-order valence-electron chi connectivity index (χ1n) is 4.81. The van der Waals surface area contributed by atoms with Crippen LogP contribution in [0.2, 0.25) is 0 Å². The minimum Gasteiger partial charge on any atom is -0.389 e. The van der Waals surface area contributed by atoms with Crippen molar-refractivity contribution in [1.29, 1.82) is 0 Å². The molecule has 0 atom stereocenters. The molecule has 1 aromatic rings. The Morgan fingerprint density at radius 1 is 1.29 bits per heavy atom. The molecule has 14 heavy (non-hydrogen) atoms. The molecule has 4 nitrogen and oxygen atoms in total. The third kappa shape index (κ3) is 3.10. The van der Waals surface area contributed by atoms with Gasteiger partial charge in [0, 0.05) is 5.41 Å². The maximum atomic E-state index is 9.59. The lowest BCUT2D eigenvalue weighted by molar-refractivity contribution is 0.0574. The van der Waals surface area contributed by atoms with Gasteiger partial charge in [0.15, 0.2) is 5.82 Å². The molecule has 0 aliphatic rings. The fraction of sp³-hybridized carbons (Fsp3) is 0.800. The number of rotatable bonds is 2. The molecule has 4 heteroatoms. The van der Waals surface area contributed by atoms with Crippen molar-refractivity contribution in [3.05, 3.63) is 12.2 Å². The molecule has 1 heterocycles. The minimum atomic E-state index is -0.747. The van der Waals surface area contributed by atoms with Crippen LogP contribution in [0, 0.1) is 0 Å². The van der Waals surface area contributed by atoms with E-state index in [4.69, 9.17) is 0 Å². The van der Waals surface area contributed by atoms with Crippen LogP contribution in [0.15, 0.2) is 6.33 Å². The predicted octanol–water partition coefficient (Wildman–Crippen LogP) is 1.35. The normalized spacial score (nSPS) is 13.3. The number of nitrogens with zero attached hydrogens (tertiary/aromatic N) is 3. The van der Waals surface area contributed by atoms with Crippen LogP contribution in [0.3, 0.4) is 0 Å². The smallest absolute Gasteiger partial charge is 0.155 e. The van der Waals surface area contributed by atoms with Crippen LogP contribution in [0.5, 0.6) is 0 Å². The Morgan fingerprint density at radius 3 is 2.21 bits per heavy atom. The summed E-state index contributed by atoms with van der Waals surface area (Å²) in [5.41, 5.74) is -0.784. The van der Waals surface area contributed by atoms with E-state index in [1.165, 1.54) is 0 Å². The van der Waals surface area contributed by atoms with Crippen LogP contribution >= 0.6 is 0 Å². The van der Waals surface area contributed by atoms with Crippen molar-refractivity contribution < 1.29 is 5.11 Å². The second-order valence-corrected chi connectivity index (χ2v) is 5.33. The summed E-state index contributed by atoms with van der Waals surface area (Å²) < 4.78 is 1.68. The van der Waals surface area contributed by atoms with Gasteiger partial charge in [0.1, 0.15) is 6.33 Å². The molecule has 0 fully saturated rings. The van der Waals surface area contributed by atoms with Crippen LogP contribution in [-0.4, -0.2) is 25.5 Å². The molecule has 1 N–H and O–H groups in total. The van der Waals surface area contributed by atoms with E-state index in [-0.39, 0.29) is 5.41 Å². The Balaban J connectivity index is 2.79. The summed E-state index contributed by atoms with van der Waals surface area (Å²) in [6.07, 6.45) is 1.67. The van der Waals surface area contributed by atoms with Crippen LogP contribution in [0.25, 0.3) is 0 Å². The zero-order valence-corrected chi connectivity index (χ0v) is 9.57. The Labute approximate surface area is 85.0 Å². The molecule has 0 amide bonds. The lowest BCUT2D eigenvalue weighted by Crippen LogP contribution is -2.26. The van der Waals surface area contributed by atoms with Crippen molar-refractivity contribution in [2.75, 3.05) is 0 Å². The Bertz CT molecular complexity index is 304. The first-order chi connectivity index (χ1) is 6.18. The van der Waals surface area contributed by atoms with Crippen LogP contribution in [0.4, 0.5) is 0 Å². The van der Waals surface area contributed by atoms with Gasteiger partial charge in [-0.05, 0) is 13.8 Å². The summed E-state index contributed by atoms with van der Waals surface area (Å²) in [5.74, 6) is 0.807. The van der Waals surface area contributed by atoms with Crippen molar-refractivity contribution >= 4 is 0 Å². The summed E-state index contributed by atoms with van der Waals surface area (Å²) in [7, 11) is 0. The quantitative estimate of drug-likeness (QED) is 0.778. The number of hydrogen-bond donors (Lipinski definition) is 1. The highest BCUT2D eigenvalue weighted by Crippen LogP contribution is 2.17. The lowest BCUT2D eigenvalue weighted by Gasteiger charge is -2.16. The Morgan fingerprint density at radius 2 is 1.86 bits per heavy atom. The summed E-state index contributed by atoms with van der Waals surface area (Å²) >= 11 is 0. The van der Waals surface area contributed by atoms with E-state index >= 15 is 0 Å². The average Bonchev–Trinajstić information content (AvgIpc) is 2.29.